The topological polar surface area (TPSA) is 145 Å². The standard InChI is InChI=1S/C25H24N6O5/c1-2-29(21-22(26)30(25(35)28-23(21)33)15-17-7-4-3-5-8-17)20(32)16-36-24(34)18-9-11-19(12-10-18)31-14-6-13-27-31/h3-14H,2,15-16,26H2,1H3,(H,28,33,35). The molecule has 3 N–H and O–H groups in total. The average molecular weight is 489 g/mol. The highest BCUT2D eigenvalue weighted by atomic mass is 16.5. The van der Waals surface area contributed by atoms with Gasteiger partial charge in [-0.2, -0.15) is 5.10 Å². The number of amides is 1. The van der Waals surface area contributed by atoms with Crippen LogP contribution in [-0.2, 0) is 16.1 Å². The minimum atomic E-state index is -0.808. The molecule has 0 saturated heterocycles. The van der Waals surface area contributed by atoms with Crippen molar-refractivity contribution in [1.82, 2.24) is 19.3 Å². The number of carbonyl (C=O) groups excluding carboxylic acids is 2. The number of nitrogen functional groups attached to an aromatic ring is 1. The van der Waals surface area contributed by atoms with Crippen LogP contribution in [0.15, 0.2) is 82.6 Å². The van der Waals surface area contributed by atoms with E-state index in [1.807, 2.05) is 18.2 Å². The summed E-state index contributed by atoms with van der Waals surface area (Å²) in [5, 5.41) is 4.12. The number of aromatic nitrogens is 4. The van der Waals surface area contributed by atoms with Gasteiger partial charge in [0.05, 0.1) is 17.8 Å². The molecule has 0 aliphatic carbocycles. The highest BCUT2D eigenvalue weighted by molar-refractivity contribution is 5.98. The summed E-state index contributed by atoms with van der Waals surface area (Å²) in [6, 6.07) is 17.3. The van der Waals surface area contributed by atoms with Crippen molar-refractivity contribution < 1.29 is 14.3 Å². The fourth-order valence-corrected chi connectivity index (χ4v) is 3.68. The Balaban J connectivity index is 1.50. The van der Waals surface area contributed by atoms with Gasteiger partial charge in [-0.05, 0) is 42.8 Å². The summed E-state index contributed by atoms with van der Waals surface area (Å²) < 4.78 is 7.99. The number of nitrogens with one attached hydrogen (secondary N) is 1. The Bertz CT molecular complexity index is 1470. The molecule has 0 aliphatic heterocycles. The number of hydrogen-bond donors (Lipinski definition) is 2. The van der Waals surface area contributed by atoms with Crippen molar-refractivity contribution in [2.24, 2.45) is 0 Å². The zero-order valence-electron chi connectivity index (χ0n) is 19.5. The first-order valence-electron chi connectivity index (χ1n) is 11.1. The van der Waals surface area contributed by atoms with Crippen LogP contribution in [0.25, 0.3) is 5.69 Å². The summed E-state index contributed by atoms with van der Waals surface area (Å²) in [5.74, 6) is -1.54. The maximum Gasteiger partial charge on any atom is 0.338 e. The number of carbonyl (C=O) groups is 2. The second-order valence-corrected chi connectivity index (χ2v) is 7.78. The van der Waals surface area contributed by atoms with E-state index >= 15 is 0 Å². The van der Waals surface area contributed by atoms with Gasteiger partial charge in [0.2, 0.25) is 0 Å². The van der Waals surface area contributed by atoms with Crippen molar-refractivity contribution in [1.29, 1.82) is 0 Å². The first kappa shape index (κ1) is 24.2. The molecule has 0 spiro atoms. The summed E-state index contributed by atoms with van der Waals surface area (Å²) in [5.41, 5.74) is 6.28. The second kappa shape index (κ2) is 10.6. The van der Waals surface area contributed by atoms with Gasteiger partial charge in [0.1, 0.15) is 5.82 Å². The Labute approximate surface area is 205 Å². The molecule has 0 fully saturated rings. The molecule has 2 heterocycles. The van der Waals surface area contributed by atoms with Gasteiger partial charge in [-0.3, -0.25) is 19.1 Å². The molecule has 0 unspecified atom stereocenters. The summed E-state index contributed by atoms with van der Waals surface area (Å²) in [6.45, 7) is 1.18. The first-order chi connectivity index (χ1) is 17.4. The van der Waals surface area contributed by atoms with E-state index in [0.29, 0.717) is 0 Å². The van der Waals surface area contributed by atoms with Gasteiger partial charge < -0.3 is 15.4 Å². The van der Waals surface area contributed by atoms with Gasteiger partial charge in [-0.15, -0.1) is 0 Å². The van der Waals surface area contributed by atoms with Crippen molar-refractivity contribution in [2.75, 3.05) is 23.8 Å². The number of benzene rings is 2. The van der Waals surface area contributed by atoms with Crippen LogP contribution in [-0.4, -0.2) is 44.4 Å². The summed E-state index contributed by atoms with van der Waals surface area (Å²) in [7, 11) is 0. The number of nitrogens with two attached hydrogens (primary N) is 1. The fourth-order valence-electron chi connectivity index (χ4n) is 3.68. The third-order valence-corrected chi connectivity index (χ3v) is 5.48. The number of aromatic amines is 1. The van der Waals surface area contributed by atoms with E-state index < -0.39 is 29.7 Å². The Morgan fingerprint density at radius 1 is 1.06 bits per heavy atom. The van der Waals surface area contributed by atoms with Gasteiger partial charge in [-0.25, -0.2) is 14.3 Å². The largest absolute Gasteiger partial charge is 0.452 e. The quantitative estimate of drug-likeness (QED) is 0.358. The molecule has 0 atom stereocenters. The van der Waals surface area contributed by atoms with Crippen LogP contribution < -0.4 is 21.9 Å². The lowest BCUT2D eigenvalue weighted by Gasteiger charge is -2.23. The maximum atomic E-state index is 12.9. The molecule has 184 valence electrons. The lowest BCUT2D eigenvalue weighted by atomic mass is 10.2. The van der Waals surface area contributed by atoms with Crippen LogP contribution in [0.2, 0.25) is 0 Å². The van der Waals surface area contributed by atoms with Gasteiger partial charge >= 0.3 is 11.7 Å². The summed E-state index contributed by atoms with van der Waals surface area (Å²) >= 11 is 0. The van der Waals surface area contributed by atoms with E-state index in [0.717, 1.165) is 16.2 Å². The average Bonchev–Trinajstić information content (AvgIpc) is 3.43. The number of hydrogen-bond acceptors (Lipinski definition) is 7. The monoisotopic (exact) mass is 488 g/mol. The van der Waals surface area contributed by atoms with Crippen molar-refractivity contribution in [3.8, 4) is 5.69 Å². The third kappa shape index (κ3) is 5.09. The number of anilines is 2. The molecule has 0 bridgehead atoms. The van der Waals surface area contributed by atoms with E-state index in [1.54, 1.807) is 66.5 Å². The molecule has 0 saturated carbocycles. The molecule has 4 aromatic rings. The lowest BCUT2D eigenvalue weighted by Crippen LogP contribution is -2.42. The SMILES string of the molecule is CCN(C(=O)COC(=O)c1ccc(-n2cccn2)cc1)c1c(N)n(Cc2ccccc2)c(=O)[nH]c1=O. The molecule has 11 nitrogen and oxygen atoms in total. The van der Waals surface area contributed by atoms with Gasteiger partial charge in [0.25, 0.3) is 11.5 Å². The first-order valence-corrected chi connectivity index (χ1v) is 11.1. The van der Waals surface area contributed by atoms with E-state index in [2.05, 4.69) is 10.1 Å². The molecule has 1 amide bonds. The van der Waals surface area contributed by atoms with Crippen molar-refractivity contribution in [2.45, 2.75) is 13.5 Å². The van der Waals surface area contributed by atoms with Crippen molar-refractivity contribution in [3.63, 3.8) is 0 Å². The number of esters is 1. The van der Waals surface area contributed by atoms with Crippen molar-refractivity contribution >= 4 is 23.4 Å². The predicted octanol–water partition coefficient (Wildman–Crippen LogP) is 1.56. The minimum Gasteiger partial charge on any atom is -0.452 e. The van der Waals surface area contributed by atoms with E-state index in [-0.39, 0.29) is 30.2 Å². The van der Waals surface area contributed by atoms with E-state index in [4.69, 9.17) is 10.5 Å². The van der Waals surface area contributed by atoms with Crippen LogP contribution >= 0.6 is 0 Å². The molecule has 2 aromatic heterocycles. The fraction of sp³-hybridized carbons (Fsp3) is 0.160. The lowest BCUT2D eigenvalue weighted by molar-refractivity contribution is -0.121. The maximum absolute atomic E-state index is 12.9. The molecule has 11 heteroatoms. The Morgan fingerprint density at radius 3 is 2.42 bits per heavy atom. The number of likely N-dealkylation sites (N-methyl/N-ethyl adjacent to an activating group) is 1. The molecular weight excluding hydrogens is 464 g/mol. The number of nitrogens with zero attached hydrogens (tertiary/aromatic N) is 4. The Hall–Kier alpha value is -4.93. The van der Waals surface area contributed by atoms with Crippen LogP contribution in [0.3, 0.4) is 0 Å². The van der Waals surface area contributed by atoms with Crippen LogP contribution in [0, 0.1) is 0 Å². The molecule has 2 aromatic carbocycles. The highest BCUT2D eigenvalue weighted by Crippen LogP contribution is 2.18. The number of rotatable bonds is 8. The Kier molecular flexibility index (Phi) is 7.10. The summed E-state index contributed by atoms with van der Waals surface area (Å²) in [4.78, 5) is 53.7. The van der Waals surface area contributed by atoms with Gasteiger partial charge in [-0.1, -0.05) is 30.3 Å². The van der Waals surface area contributed by atoms with E-state index in [9.17, 15) is 19.2 Å². The number of ether oxygens (including phenoxy) is 1. The normalized spacial score (nSPS) is 10.7. The highest BCUT2D eigenvalue weighted by Gasteiger charge is 2.24. The van der Waals surface area contributed by atoms with Gasteiger partial charge in [0.15, 0.2) is 12.3 Å². The smallest absolute Gasteiger partial charge is 0.338 e. The Morgan fingerprint density at radius 2 is 1.78 bits per heavy atom. The molecular formula is C25H24N6O5. The molecule has 0 aliphatic rings. The second-order valence-electron chi connectivity index (χ2n) is 7.78. The summed E-state index contributed by atoms with van der Waals surface area (Å²) in [6.07, 6.45) is 3.40. The predicted molar refractivity (Wildman–Crippen MR) is 133 cm³/mol. The van der Waals surface area contributed by atoms with Crippen LogP contribution in [0.5, 0.6) is 0 Å². The molecule has 4 rings (SSSR count). The molecule has 0 radical (unpaired) electrons. The number of H-pyrrole nitrogens is 1. The zero-order chi connectivity index (χ0) is 25.7. The van der Waals surface area contributed by atoms with Gasteiger partial charge in [0, 0.05) is 18.9 Å². The third-order valence-electron chi connectivity index (χ3n) is 5.48. The molecule has 36 heavy (non-hydrogen) atoms. The zero-order valence-corrected chi connectivity index (χ0v) is 19.5. The van der Waals surface area contributed by atoms with Crippen LogP contribution in [0.1, 0.15) is 22.8 Å². The van der Waals surface area contributed by atoms with Crippen LogP contribution in [0.4, 0.5) is 11.5 Å². The van der Waals surface area contributed by atoms with E-state index in [1.165, 1.54) is 4.57 Å². The minimum absolute atomic E-state index is 0.0613. The van der Waals surface area contributed by atoms with Crippen molar-refractivity contribution in [3.05, 3.63) is 105 Å².